The fraction of sp³-hybridized carbons (Fsp3) is 0.733. The molecule has 18 heavy (non-hydrogen) atoms. The summed E-state index contributed by atoms with van der Waals surface area (Å²) in [7, 11) is 0. The fourth-order valence-electron chi connectivity index (χ4n) is 3.40. The molecule has 1 spiro atoms. The Morgan fingerprint density at radius 1 is 1.33 bits per heavy atom. The van der Waals surface area contributed by atoms with E-state index in [1.165, 1.54) is 50.5 Å². The molecule has 100 valence electrons. The zero-order valence-corrected chi connectivity index (χ0v) is 11.8. The van der Waals surface area contributed by atoms with Crippen LogP contribution in [0.1, 0.15) is 50.5 Å². The number of hydrogen-bond donors (Lipinski definition) is 1. The van der Waals surface area contributed by atoms with E-state index in [2.05, 4.69) is 22.1 Å². The predicted molar refractivity (Wildman–Crippen MR) is 75.9 cm³/mol. The highest BCUT2D eigenvalue weighted by Crippen LogP contribution is 2.38. The van der Waals surface area contributed by atoms with Crippen molar-refractivity contribution >= 4 is 11.3 Å². The van der Waals surface area contributed by atoms with Crippen molar-refractivity contribution in [3.8, 4) is 0 Å². The van der Waals surface area contributed by atoms with E-state index in [0.717, 1.165) is 13.2 Å². The minimum Gasteiger partial charge on any atom is -0.375 e. The molecule has 1 aromatic heterocycles. The van der Waals surface area contributed by atoms with Crippen molar-refractivity contribution in [2.75, 3.05) is 6.61 Å². The highest BCUT2D eigenvalue weighted by Gasteiger charge is 2.38. The molecule has 3 rings (SSSR count). The maximum Gasteiger partial charge on any atom is 0.0697 e. The molecule has 2 nitrogen and oxygen atoms in total. The average molecular weight is 265 g/mol. The Labute approximate surface area is 114 Å². The fourth-order valence-corrected chi connectivity index (χ4v) is 4.07. The molecule has 0 radical (unpaired) electrons. The highest BCUT2D eigenvalue weighted by atomic mass is 32.1. The topological polar surface area (TPSA) is 21.3 Å². The van der Waals surface area contributed by atoms with Crippen LogP contribution >= 0.6 is 11.3 Å². The third kappa shape index (κ3) is 2.95. The van der Waals surface area contributed by atoms with E-state index in [1.807, 2.05) is 0 Å². The Morgan fingerprint density at radius 3 is 3.00 bits per heavy atom. The molecule has 2 fully saturated rings. The summed E-state index contributed by atoms with van der Waals surface area (Å²) in [5, 5.41) is 8.12. The molecule has 2 aliphatic rings. The van der Waals surface area contributed by atoms with Crippen LogP contribution in [0.4, 0.5) is 0 Å². The van der Waals surface area contributed by atoms with Crippen molar-refractivity contribution < 1.29 is 4.74 Å². The molecule has 0 amide bonds. The van der Waals surface area contributed by atoms with E-state index in [4.69, 9.17) is 4.74 Å². The van der Waals surface area contributed by atoms with Gasteiger partial charge >= 0.3 is 0 Å². The zero-order valence-electron chi connectivity index (χ0n) is 11.0. The third-order valence-electron chi connectivity index (χ3n) is 4.43. The summed E-state index contributed by atoms with van der Waals surface area (Å²) in [6.07, 6.45) is 9.07. The lowest BCUT2D eigenvalue weighted by Crippen LogP contribution is -2.47. The predicted octanol–water partition coefficient (Wildman–Crippen LogP) is 3.72. The maximum absolute atomic E-state index is 6.14. The second kappa shape index (κ2) is 5.72. The molecule has 1 aliphatic heterocycles. The van der Waals surface area contributed by atoms with Gasteiger partial charge in [-0.2, -0.15) is 11.3 Å². The van der Waals surface area contributed by atoms with Crippen molar-refractivity contribution in [3.63, 3.8) is 0 Å². The Kier molecular flexibility index (Phi) is 4.02. The van der Waals surface area contributed by atoms with E-state index in [9.17, 15) is 0 Å². The summed E-state index contributed by atoms with van der Waals surface area (Å²) in [5.41, 5.74) is 1.65. The van der Waals surface area contributed by atoms with Crippen molar-refractivity contribution in [3.05, 3.63) is 22.4 Å². The van der Waals surface area contributed by atoms with Crippen molar-refractivity contribution in [2.24, 2.45) is 0 Å². The maximum atomic E-state index is 6.14. The lowest BCUT2D eigenvalue weighted by molar-refractivity contribution is -0.109. The van der Waals surface area contributed by atoms with Crippen LogP contribution in [0.15, 0.2) is 16.8 Å². The SMILES string of the molecule is c1cc(CNC2CCOC3(CCCCC3)C2)cs1. The van der Waals surface area contributed by atoms with Gasteiger partial charge in [-0.25, -0.2) is 0 Å². The number of nitrogens with one attached hydrogen (secondary N) is 1. The van der Waals surface area contributed by atoms with Gasteiger partial charge in [0.15, 0.2) is 0 Å². The van der Waals surface area contributed by atoms with Gasteiger partial charge in [0.2, 0.25) is 0 Å². The van der Waals surface area contributed by atoms with Crippen LogP contribution in [-0.4, -0.2) is 18.2 Å². The molecule has 1 unspecified atom stereocenters. The van der Waals surface area contributed by atoms with Gasteiger partial charge in [-0.3, -0.25) is 0 Å². The standard InChI is InChI=1S/C15H23NOS/c1-2-6-15(7-3-1)10-14(4-8-17-15)16-11-13-5-9-18-12-13/h5,9,12,14,16H,1-4,6-8,10-11H2. The molecular weight excluding hydrogens is 242 g/mol. The van der Waals surface area contributed by atoms with Gasteiger partial charge in [0.1, 0.15) is 0 Å². The second-order valence-electron chi connectivity index (χ2n) is 5.79. The molecule has 1 saturated carbocycles. The summed E-state index contributed by atoms with van der Waals surface area (Å²) in [6, 6.07) is 2.87. The lowest BCUT2D eigenvalue weighted by atomic mass is 9.78. The van der Waals surface area contributed by atoms with E-state index in [-0.39, 0.29) is 5.60 Å². The van der Waals surface area contributed by atoms with Gasteiger partial charge < -0.3 is 10.1 Å². The summed E-state index contributed by atoms with van der Waals surface area (Å²) in [6.45, 7) is 1.96. The summed E-state index contributed by atoms with van der Waals surface area (Å²) in [4.78, 5) is 0. The van der Waals surface area contributed by atoms with Gasteiger partial charge in [-0.05, 0) is 48.1 Å². The molecule has 3 heteroatoms. The van der Waals surface area contributed by atoms with E-state index in [1.54, 1.807) is 11.3 Å². The van der Waals surface area contributed by atoms with Crippen LogP contribution in [-0.2, 0) is 11.3 Å². The highest BCUT2D eigenvalue weighted by molar-refractivity contribution is 7.07. The number of hydrogen-bond acceptors (Lipinski definition) is 3. The second-order valence-corrected chi connectivity index (χ2v) is 6.57. The first-order valence-corrected chi connectivity index (χ1v) is 8.19. The van der Waals surface area contributed by atoms with Crippen LogP contribution in [0.2, 0.25) is 0 Å². The van der Waals surface area contributed by atoms with Crippen LogP contribution < -0.4 is 5.32 Å². The van der Waals surface area contributed by atoms with Crippen LogP contribution in [0.5, 0.6) is 0 Å². The number of rotatable bonds is 3. The molecule has 1 N–H and O–H groups in total. The minimum atomic E-state index is 0.225. The quantitative estimate of drug-likeness (QED) is 0.899. The third-order valence-corrected chi connectivity index (χ3v) is 5.16. The molecular formula is C15H23NOS. The Bertz CT molecular complexity index is 351. The monoisotopic (exact) mass is 265 g/mol. The molecule has 1 saturated heterocycles. The summed E-state index contributed by atoms with van der Waals surface area (Å²) in [5.74, 6) is 0. The Hall–Kier alpha value is -0.380. The van der Waals surface area contributed by atoms with E-state index >= 15 is 0 Å². The first-order valence-electron chi connectivity index (χ1n) is 7.25. The van der Waals surface area contributed by atoms with Crippen LogP contribution in [0.25, 0.3) is 0 Å². The molecule has 0 bridgehead atoms. The smallest absolute Gasteiger partial charge is 0.0697 e. The first kappa shape index (κ1) is 12.6. The van der Waals surface area contributed by atoms with Gasteiger partial charge in [0.25, 0.3) is 0 Å². The summed E-state index contributed by atoms with van der Waals surface area (Å²) < 4.78 is 6.14. The lowest BCUT2D eigenvalue weighted by Gasteiger charge is -2.43. The molecule has 1 aliphatic carbocycles. The van der Waals surface area contributed by atoms with Crippen LogP contribution in [0, 0.1) is 0 Å². The van der Waals surface area contributed by atoms with Crippen molar-refractivity contribution in [1.82, 2.24) is 5.32 Å². The number of ether oxygens (including phenoxy) is 1. The minimum absolute atomic E-state index is 0.225. The summed E-state index contributed by atoms with van der Waals surface area (Å²) >= 11 is 1.78. The molecule has 0 aromatic carbocycles. The zero-order chi connectivity index (χ0) is 12.3. The largest absolute Gasteiger partial charge is 0.375 e. The van der Waals surface area contributed by atoms with Gasteiger partial charge in [-0.15, -0.1) is 0 Å². The van der Waals surface area contributed by atoms with E-state index < -0.39 is 0 Å². The molecule has 1 aromatic rings. The van der Waals surface area contributed by atoms with Gasteiger partial charge in [-0.1, -0.05) is 19.3 Å². The Morgan fingerprint density at radius 2 is 2.22 bits per heavy atom. The Balaban J connectivity index is 1.53. The molecule has 1 atom stereocenters. The normalized spacial score (nSPS) is 27.4. The number of thiophene rings is 1. The van der Waals surface area contributed by atoms with Crippen LogP contribution in [0.3, 0.4) is 0 Å². The first-order chi connectivity index (χ1) is 8.86. The average Bonchev–Trinajstić information content (AvgIpc) is 2.91. The van der Waals surface area contributed by atoms with Gasteiger partial charge in [0, 0.05) is 19.2 Å². The van der Waals surface area contributed by atoms with Crippen molar-refractivity contribution in [2.45, 2.75) is 63.1 Å². The van der Waals surface area contributed by atoms with Gasteiger partial charge in [0.05, 0.1) is 5.60 Å². The van der Waals surface area contributed by atoms with E-state index in [0.29, 0.717) is 6.04 Å². The van der Waals surface area contributed by atoms with Crippen molar-refractivity contribution in [1.29, 1.82) is 0 Å². The molecule has 2 heterocycles.